The van der Waals surface area contributed by atoms with E-state index in [9.17, 15) is 4.79 Å². The highest BCUT2D eigenvalue weighted by Crippen LogP contribution is 2.58. The molecule has 1 saturated heterocycles. The van der Waals surface area contributed by atoms with E-state index in [4.69, 9.17) is 0 Å². The van der Waals surface area contributed by atoms with Gasteiger partial charge in [0.1, 0.15) is 0 Å². The topological polar surface area (TPSA) is 82.7 Å². The fourth-order valence-electron chi connectivity index (χ4n) is 3.97. The van der Waals surface area contributed by atoms with Crippen molar-refractivity contribution in [1.29, 1.82) is 0 Å². The molecule has 138 valence electrons. The Bertz CT molecular complexity index is 796. The molecule has 4 rings (SSSR count). The molecule has 2 aromatic rings. The van der Waals surface area contributed by atoms with Gasteiger partial charge in [0.05, 0.1) is 0 Å². The van der Waals surface area contributed by atoms with Crippen molar-refractivity contribution in [3.05, 3.63) is 29.8 Å². The molecule has 6 heteroatoms. The Hall–Kier alpha value is -2.21. The van der Waals surface area contributed by atoms with Gasteiger partial charge >= 0.3 is 0 Å². The zero-order chi connectivity index (χ0) is 18.4. The van der Waals surface area contributed by atoms with Crippen LogP contribution in [0.1, 0.15) is 45.6 Å². The standard InChI is InChI=1S/C20H27N5O/c1-19(2,3)14-6-4-13(5-7-14)16-22-18(25-24-16)23-17(26)15-12-20(15)8-10-21-11-9-20/h4-7,15,21H,8-12H2,1-3H3,(H2,22,23,24,25,26). The van der Waals surface area contributed by atoms with E-state index in [0.29, 0.717) is 11.8 Å². The first kappa shape index (κ1) is 17.2. The van der Waals surface area contributed by atoms with Crippen molar-refractivity contribution in [2.45, 2.75) is 45.4 Å². The molecule has 1 aliphatic carbocycles. The Morgan fingerprint density at radius 2 is 1.88 bits per heavy atom. The molecule has 0 radical (unpaired) electrons. The van der Waals surface area contributed by atoms with Gasteiger partial charge in [0.15, 0.2) is 5.82 Å². The van der Waals surface area contributed by atoms with Crippen LogP contribution in [0.3, 0.4) is 0 Å². The number of aromatic nitrogens is 3. The van der Waals surface area contributed by atoms with Crippen molar-refractivity contribution < 1.29 is 4.79 Å². The highest BCUT2D eigenvalue weighted by atomic mass is 16.2. The van der Waals surface area contributed by atoms with Gasteiger partial charge < -0.3 is 5.32 Å². The minimum absolute atomic E-state index is 0.0560. The summed E-state index contributed by atoms with van der Waals surface area (Å²) in [7, 11) is 0. The van der Waals surface area contributed by atoms with Crippen molar-refractivity contribution in [2.75, 3.05) is 18.4 Å². The molecule has 1 atom stereocenters. The smallest absolute Gasteiger partial charge is 0.249 e. The number of carbonyl (C=O) groups excluding carboxylic acids is 1. The number of aromatic amines is 1. The van der Waals surface area contributed by atoms with Gasteiger partial charge in [0.25, 0.3) is 0 Å². The molecule has 1 aliphatic heterocycles. The van der Waals surface area contributed by atoms with E-state index in [1.54, 1.807) is 0 Å². The molecule has 2 aliphatic rings. The Morgan fingerprint density at radius 1 is 1.19 bits per heavy atom. The molecular formula is C20H27N5O. The predicted molar refractivity (Wildman–Crippen MR) is 102 cm³/mol. The Balaban J connectivity index is 1.41. The second kappa shape index (κ2) is 6.20. The van der Waals surface area contributed by atoms with Crippen LogP contribution in [0.15, 0.2) is 24.3 Å². The number of nitrogens with zero attached hydrogens (tertiary/aromatic N) is 2. The van der Waals surface area contributed by atoms with Gasteiger partial charge in [0, 0.05) is 11.5 Å². The highest BCUT2D eigenvalue weighted by molar-refractivity contribution is 5.93. The molecule has 1 unspecified atom stereocenters. The van der Waals surface area contributed by atoms with Gasteiger partial charge in [-0.2, -0.15) is 4.98 Å². The van der Waals surface area contributed by atoms with E-state index in [-0.39, 0.29) is 22.7 Å². The third-order valence-electron chi connectivity index (χ3n) is 5.85. The van der Waals surface area contributed by atoms with E-state index < -0.39 is 0 Å². The lowest BCUT2D eigenvalue weighted by molar-refractivity contribution is -0.118. The lowest BCUT2D eigenvalue weighted by Crippen LogP contribution is -2.31. The summed E-state index contributed by atoms with van der Waals surface area (Å²) in [6.45, 7) is 8.60. The normalized spacial score (nSPS) is 21.6. The van der Waals surface area contributed by atoms with Crippen LogP contribution in [0.5, 0.6) is 0 Å². The molecule has 1 amide bonds. The maximum Gasteiger partial charge on any atom is 0.249 e. The molecular weight excluding hydrogens is 326 g/mol. The van der Waals surface area contributed by atoms with Crippen molar-refractivity contribution in [1.82, 2.24) is 20.5 Å². The lowest BCUT2D eigenvalue weighted by atomic mass is 9.87. The zero-order valence-electron chi connectivity index (χ0n) is 15.7. The Labute approximate surface area is 154 Å². The summed E-state index contributed by atoms with van der Waals surface area (Å²) < 4.78 is 0. The Kier molecular flexibility index (Phi) is 4.10. The van der Waals surface area contributed by atoms with E-state index >= 15 is 0 Å². The predicted octanol–water partition coefficient (Wildman–Crippen LogP) is 3.10. The molecule has 2 heterocycles. The number of piperidine rings is 1. The number of hydrogen-bond donors (Lipinski definition) is 3. The first-order chi connectivity index (χ1) is 12.4. The minimum atomic E-state index is 0.0560. The summed E-state index contributed by atoms with van der Waals surface area (Å²) >= 11 is 0. The zero-order valence-corrected chi connectivity index (χ0v) is 15.7. The third kappa shape index (κ3) is 3.26. The van der Waals surface area contributed by atoms with Gasteiger partial charge in [0.2, 0.25) is 11.9 Å². The fraction of sp³-hybridized carbons (Fsp3) is 0.550. The number of anilines is 1. The van der Waals surface area contributed by atoms with Crippen LogP contribution in [-0.4, -0.2) is 34.2 Å². The van der Waals surface area contributed by atoms with Crippen LogP contribution in [0.2, 0.25) is 0 Å². The van der Waals surface area contributed by atoms with E-state index in [1.807, 2.05) is 12.1 Å². The van der Waals surface area contributed by atoms with Crippen LogP contribution in [-0.2, 0) is 10.2 Å². The largest absolute Gasteiger partial charge is 0.317 e. The van der Waals surface area contributed by atoms with Crippen molar-refractivity contribution in [2.24, 2.45) is 11.3 Å². The van der Waals surface area contributed by atoms with Crippen LogP contribution in [0.25, 0.3) is 11.4 Å². The van der Waals surface area contributed by atoms with Crippen LogP contribution in [0, 0.1) is 11.3 Å². The molecule has 2 fully saturated rings. The minimum Gasteiger partial charge on any atom is -0.317 e. The third-order valence-corrected chi connectivity index (χ3v) is 5.85. The quantitative estimate of drug-likeness (QED) is 0.792. The molecule has 1 aromatic carbocycles. The fourth-order valence-corrected chi connectivity index (χ4v) is 3.97. The maximum absolute atomic E-state index is 12.5. The highest BCUT2D eigenvalue weighted by Gasteiger charge is 2.57. The second-order valence-corrected chi connectivity index (χ2v) is 8.69. The summed E-state index contributed by atoms with van der Waals surface area (Å²) in [4.78, 5) is 17.0. The number of amides is 1. The number of benzene rings is 1. The second-order valence-electron chi connectivity index (χ2n) is 8.69. The summed E-state index contributed by atoms with van der Waals surface area (Å²) in [6.07, 6.45) is 3.17. The van der Waals surface area contributed by atoms with Gasteiger partial charge in [-0.05, 0) is 48.7 Å². The lowest BCUT2D eigenvalue weighted by Gasteiger charge is -2.22. The SMILES string of the molecule is CC(C)(C)c1ccc(-c2nc(NC(=O)C3CC34CCNCC4)n[nH]2)cc1. The van der Waals surface area contributed by atoms with Gasteiger partial charge in [-0.1, -0.05) is 45.0 Å². The monoisotopic (exact) mass is 353 g/mol. The summed E-state index contributed by atoms with van der Waals surface area (Å²) in [5, 5.41) is 13.3. The maximum atomic E-state index is 12.5. The van der Waals surface area contributed by atoms with Gasteiger partial charge in [-0.25, -0.2) is 0 Å². The summed E-state index contributed by atoms with van der Waals surface area (Å²) in [5.41, 5.74) is 2.58. The number of rotatable bonds is 3. The van der Waals surface area contributed by atoms with Crippen molar-refractivity contribution >= 4 is 11.9 Å². The van der Waals surface area contributed by atoms with Gasteiger partial charge in [-0.3, -0.25) is 15.2 Å². The van der Waals surface area contributed by atoms with E-state index in [0.717, 1.165) is 37.9 Å². The van der Waals surface area contributed by atoms with Crippen molar-refractivity contribution in [3.8, 4) is 11.4 Å². The van der Waals surface area contributed by atoms with Crippen LogP contribution >= 0.6 is 0 Å². The molecule has 0 bridgehead atoms. The molecule has 1 saturated carbocycles. The number of H-pyrrole nitrogens is 1. The first-order valence-electron chi connectivity index (χ1n) is 9.42. The van der Waals surface area contributed by atoms with Gasteiger partial charge in [-0.15, -0.1) is 5.10 Å². The average Bonchev–Trinajstić information content (AvgIpc) is 3.10. The van der Waals surface area contributed by atoms with Crippen molar-refractivity contribution in [3.63, 3.8) is 0 Å². The van der Waals surface area contributed by atoms with Crippen LogP contribution in [0.4, 0.5) is 5.95 Å². The van der Waals surface area contributed by atoms with E-state index in [1.165, 1.54) is 5.56 Å². The number of nitrogens with one attached hydrogen (secondary N) is 3. The Morgan fingerprint density at radius 3 is 2.54 bits per heavy atom. The molecule has 26 heavy (non-hydrogen) atoms. The first-order valence-corrected chi connectivity index (χ1v) is 9.42. The summed E-state index contributed by atoms with van der Waals surface area (Å²) in [5.74, 6) is 1.20. The number of hydrogen-bond acceptors (Lipinski definition) is 4. The molecule has 1 spiro atoms. The molecule has 3 N–H and O–H groups in total. The molecule has 1 aromatic heterocycles. The number of carbonyl (C=O) groups is 1. The van der Waals surface area contributed by atoms with Crippen LogP contribution < -0.4 is 10.6 Å². The average molecular weight is 353 g/mol. The molecule has 6 nitrogen and oxygen atoms in total. The van der Waals surface area contributed by atoms with E-state index in [2.05, 4.69) is 58.7 Å². The summed E-state index contributed by atoms with van der Waals surface area (Å²) in [6, 6.07) is 8.30.